The van der Waals surface area contributed by atoms with Crippen molar-refractivity contribution in [3.8, 4) is 11.3 Å². The number of anilines is 2. The Hall–Kier alpha value is -3.81. The summed E-state index contributed by atoms with van der Waals surface area (Å²) in [6, 6.07) is 1.87. The van der Waals surface area contributed by atoms with Crippen molar-refractivity contribution in [3.63, 3.8) is 0 Å². The number of halogens is 2. The summed E-state index contributed by atoms with van der Waals surface area (Å²) in [5.41, 5.74) is 6.22. The minimum Gasteiger partial charge on any atom is -0.473 e. The molecule has 0 unspecified atom stereocenters. The lowest BCUT2D eigenvalue weighted by molar-refractivity contribution is 0.156. The summed E-state index contributed by atoms with van der Waals surface area (Å²) in [4.78, 5) is 9.85. The van der Waals surface area contributed by atoms with E-state index in [2.05, 4.69) is 26.8 Å². The predicted molar refractivity (Wildman–Crippen MR) is 138 cm³/mol. The van der Waals surface area contributed by atoms with Crippen molar-refractivity contribution in [2.24, 2.45) is 12.0 Å². The van der Waals surface area contributed by atoms with Crippen LogP contribution in [0.4, 0.5) is 20.5 Å². The first-order valence-corrected chi connectivity index (χ1v) is 13.8. The third kappa shape index (κ3) is 5.39. The molecule has 0 bridgehead atoms. The SMILES string of the molecule is C=C/N=C(/OC1CCN(c2nc(C(C)C)no2)CC1)c1nn(C)c(-c2cc(F)c(S(C)(=O)=O)cc2F)c1N. The van der Waals surface area contributed by atoms with E-state index in [4.69, 9.17) is 15.0 Å². The highest BCUT2D eigenvalue weighted by Gasteiger charge is 2.29. The molecule has 204 valence electrons. The van der Waals surface area contributed by atoms with Gasteiger partial charge in [0.25, 0.3) is 0 Å². The van der Waals surface area contributed by atoms with Gasteiger partial charge in [-0.25, -0.2) is 22.2 Å². The fourth-order valence-corrected chi connectivity index (χ4v) is 4.89. The van der Waals surface area contributed by atoms with Crippen LogP contribution in [0.2, 0.25) is 0 Å². The fraction of sp³-hybridized carbons (Fsp3) is 0.417. The third-order valence-electron chi connectivity index (χ3n) is 6.11. The van der Waals surface area contributed by atoms with Crippen LogP contribution in [0.25, 0.3) is 11.3 Å². The summed E-state index contributed by atoms with van der Waals surface area (Å²) in [6.07, 6.45) is 3.05. The van der Waals surface area contributed by atoms with Gasteiger partial charge in [0.2, 0.25) is 5.90 Å². The first kappa shape index (κ1) is 27.2. The molecule has 2 N–H and O–H groups in total. The lowest BCUT2D eigenvalue weighted by Crippen LogP contribution is -2.38. The maximum absolute atomic E-state index is 14.9. The number of ether oxygens (including phenoxy) is 1. The van der Waals surface area contributed by atoms with E-state index in [-0.39, 0.29) is 40.6 Å². The Balaban J connectivity index is 1.56. The normalized spacial score (nSPS) is 15.3. The minimum atomic E-state index is -3.97. The molecule has 14 heteroatoms. The Morgan fingerprint density at radius 1 is 1.29 bits per heavy atom. The summed E-state index contributed by atoms with van der Waals surface area (Å²) in [6.45, 7) is 8.79. The number of aliphatic imine (C=N–C) groups is 1. The van der Waals surface area contributed by atoms with Crippen molar-refractivity contribution >= 4 is 27.4 Å². The number of nitrogens with two attached hydrogens (primary N) is 1. The molecule has 0 radical (unpaired) electrons. The van der Waals surface area contributed by atoms with Crippen LogP contribution in [0, 0.1) is 11.6 Å². The average Bonchev–Trinajstić information content (AvgIpc) is 3.45. The highest BCUT2D eigenvalue weighted by atomic mass is 32.2. The van der Waals surface area contributed by atoms with E-state index in [9.17, 15) is 17.2 Å². The topological polar surface area (TPSA) is 142 Å². The molecule has 1 aromatic carbocycles. The van der Waals surface area contributed by atoms with Crippen molar-refractivity contribution in [1.82, 2.24) is 19.9 Å². The quantitative estimate of drug-likeness (QED) is 0.346. The number of rotatable bonds is 7. The lowest BCUT2D eigenvalue weighted by atomic mass is 10.1. The zero-order valence-corrected chi connectivity index (χ0v) is 22.3. The second-order valence-electron chi connectivity index (χ2n) is 9.28. The molecule has 1 fully saturated rings. The average molecular weight is 550 g/mol. The van der Waals surface area contributed by atoms with E-state index in [1.165, 1.54) is 17.9 Å². The summed E-state index contributed by atoms with van der Waals surface area (Å²) < 4.78 is 65.8. The van der Waals surface area contributed by atoms with Gasteiger partial charge in [-0.15, -0.1) is 0 Å². The Kier molecular flexibility index (Phi) is 7.54. The summed E-state index contributed by atoms with van der Waals surface area (Å²) in [5, 5.41) is 8.33. The molecule has 0 saturated carbocycles. The van der Waals surface area contributed by atoms with E-state index < -0.39 is 26.4 Å². The first-order chi connectivity index (χ1) is 17.9. The predicted octanol–water partition coefficient (Wildman–Crippen LogP) is 3.43. The van der Waals surface area contributed by atoms with E-state index in [1.54, 1.807) is 0 Å². The van der Waals surface area contributed by atoms with E-state index >= 15 is 0 Å². The van der Waals surface area contributed by atoms with Crippen molar-refractivity contribution in [3.05, 3.63) is 48.1 Å². The fourth-order valence-electron chi connectivity index (χ4n) is 4.15. The van der Waals surface area contributed by atoms with Crippen molar-refractivity contribution in [2.75, 3.05) is 30.0 Å². The third-order valence-corrected chi connectivity index (χ3v) is 7.22. The number of nitrogens with zero attached hydrogens (tertiary/aromatic N) is 6. The molecular weight excluding hydrogens is 520 g/mol. The number of nitrogen functional groups attached to an aromatic ring is 1. The van der Waals surface area contributed by atoms with Crippen LogP contribution in [-0.4, -0.2) is 59.7 Å². The number of benzene rings is 1. The largest absolute Gasteiger partial charge is 0.473 e. The van der Waals surface area contributed by atoms with E-state index in [1.807, 2.05) is 18.7 Å². The molecule has 0 aliphatic carbocycles. The van der Waals surface area contributed by atoms with Crippen LogP contribution in [0.1, 0.15) is 44.1 Å². The van der Waals surface area contributed by atoms with Gasteiger partial charge in [0.1, 0.15) is 22.6 Å². The number of hydrogen-bond acceptors (Lipinski definition) is 10. The van der Waals surface area contributed by atoms with Crippen molar-refractivity contribution in [2.45, 2.75) is 43.6 Å². The molecule has 3 heterocycles. The molecule has 11 nitrogen and oxygen atoms in total. The number of piperidine rings is 1. The summed E-state index contributed by atoms with van der Waals surface area (Å²) in [5.74, 6) is -1.20. The summed E-state index contributed by atoms with van der Waals surface area (Å²) >= 11 is 0. The number of aryl methyl sites for hydroxylation is 1. The van der Waals surface area contributed by atoms with Gasteiger partial charge in [-0.3, -0.25) is 4.68 Å². The van der Waals surface area contributed by atoms with Crippen LogP contribution in [0.5, 0.6) is 0 Å². The molecule has 0 amide bonds. The Morgan fingerprint density at radius 2 is 1.97 bits per heavy atom. The lowest BCUT2D eigenvalue weighted by Gasteiger charge is -2.30. The maximum atomic E-state index is 14.9. The summed E-state index contributed by atoms with van der Waals surface area (Å²) in [7, 11) is -2.47. The van der Waals surface area contributed by atoms with Crippen molar-refractivity contribution in [1.29, 1.82) is 0 Å². The zero-order chi connectivity index (χ0) is 27.8. The number of aromatic nitrogens is 4. The molecule has 0 atom stereocenters. The van der Waals surface area contributed by atoms with Gasteiger partial charge < -0.3 is 19.9 Å². The zero-order valence-electron chi connectivity index (χ0n) is 21.5. The molecule has 1 aliphatic heterocycles. The molecule has 3 aromatic rings. The van der Waals surface area contributed by atoms with Gasteiger partial charge in [0.15, 0.2) is 21.4 Å². The van der Waals surface area contributed by atoms with Crippen LogP contribution in [-0.2, 0) is 21.6 Å². The van der Waals surface area contributed by atoms with Gasteiger partial charge in [-0.2, -0.15) is 10.1 Å². The van der Waals surface area contributed by atoms with Crippen LogP contribution in [0.3, 0.4) is 0 Å². The monoisotopic (exact) mass is 549 g/mol. The number of hydrogen-bond donors (Lipinski definition) is 1. The highest BCUT2D eigenvalue weighted by Crippen LogP contribution is 2.34. The Morgan fingerprint density at radius 3 is 2.55 bits per heavy atom. The van der Waals surface area contributed by atoms with Crippen molar-refractivity contribution < 1.29 is 26.5 Å². The van der Waals surface area contributed by atoms with Crippen LogP contribution >= 0.6 is 0 Å². The molecule has 38 heavy (non-hydrogen) atoms. The molecule has 2 aromatic heterocycles. The highest BCUT2D eigenvalue weighted by molar-refractivity contribution is 7.90. The Bertz CT molecular complexity index is 1490. The van der Waals surface area contributed by atoms with Gasteiger partial charge in [-0.05, 0) is 12.1 Å². The molecule has 0 spiro atoms. The second-order valence-corrected chi connectivity index (χ2v) is 11.3. The van der Waals surface area contributed by atoms with Crippen LogP contribution in [0.15, 0.2) is 39.3 Å². The smallest absolute Gasteiger partial charge is 0.324 e. The Labute approximate surface area is 218 Å². The van der Waals surface area contributed by atoms with E-state index in [0.717, 1.165) is 12.3 Å². The standard InChI is InChI=1S/C24H29F2N7O4S/c1-6-28-23(36-14-7-9-33(10-8-14)24-29-22(13(2)3)31-37-24)20-19(27)21(32(4)30-20)15-11-17(26)18(12-16(15)25)38(5,34)35/h6,11-14H,1,7-10,27H2,2-5H3/b28-23+. The molecule has 4 rings (SSSR count). The van der Waals surface area contributed by atoms with Gasteiger partial charge in [-0.1, -0.05) is 25.6 Å². The molecular formula is C24H29F2N7O4S. The number of sulfone groups is 1. The maximum Gasteiger partial charge on any atom is 0.324 e. The van der Waals surface area contributed by atoms with Crippen LogP contribution < -0.4 is 10.6 Å². The van der Waals surface area contributed by atoms with Gasteiger partial charge in [0, 0.05) is 56.9 Å². The first-order valence-electron chi connectivity index (χ1n) is 11.9. The minimum absolute atomic E-state index is 0.0111. The molecule has 1 aliphatic rings. The molecule has 1 saturated heterocycles. The second kappa shape index (κ2) is 10.5. The van der Waals surface area contributed by atoms with Gasteiger partial charge >= 0.3 is 6.01 Å². The van der Waals surface area contributed by atoms with E-state index in [0.29, 0.717) is 43.8 Å². The van der Waals surface area contributed by atoms with Gasteiger partial charge in [0.05, 0.1) is 11.4 Å².